The zero-order valence-electron chi connectivity index (χ0n) is 11.9. The van der Waals surface area contributed by atoms with Gasteiger partial charge in [0.2, 0.25) is 0 Å². The highest BCUT2D eigenvalue weighted by molar-refractivity contribution is 9.10. The second kappa shape index (κ2) is 7.53. The topological polar surface area (TPSA) is 59.6 Å². The van der Waals surface area contributed by atoms with Crippen LogP contribution in [0.4, 0.5) is 0 Å². The molecule has 2 rings (SSSR count). The number of hydrogen-bond donors (Lipinski definition) is 2. The summed E-state index contributed by atoms with van der Waals surface area (Å²) in [5.41, 5.74) is 7.05. The number of hydrogen-bond acceptors (Lipinski definition) is 2. The Morgan fingerprint density at radius 3 is 2.80 bits per heavy atom. The molecule has 0 atom stereocenters. The maximum absolute atomic E-state index is 5.95. The van der Waals surface area contributed by atoms with E-state index in [0.717, 1.165) is 15.8 Å². The molecule has 0 aliphatic heterocycles. The third-order valence-corrected chi connectivity index (χ3v) is 4.23. The van der Waals surface area contributed by atoms with Crippen molar-refractivity contribution in [3.05, 3.63) is 28.2 Å². The lowest BCUT2D eigenvalue weighted by atomic mass is 9.96. The first kappa shape index (κ1) is 15.2. The molecule has 0 bridgehead atoms. The van der Waals surface area contributed by atoms with Crippen LogP contribution in [0, 0.1) is 0 Å². The summed E-state index contributed by atoms with van der Waals surface area (Å²) < 4.78 is 6.14. The van der Waals surface area contributed by atoms with E-state index in [4.69, 9.17) is 10.5 Å². The van der Waals surface area contributed by atoms with Crippen LogP contribution in [-0.4, -0.2) is 19.1 Å². The predicted molar refractivity (Wildman–Crippen MR) is 86.0 cm³/mol. The molecule has 1 fully saturated rings. The van der Waals surface area contributed by atoms with Crippen LogP contribution in [-0.2, 0) is 6.54 Å². The average molecular weight is 340 g/mol. The van der Waals surface area contributed by atoms with Gasteiger partial charge >= 0.3 is 0 Å². The lowest BCUT2D eigenvalue weighted by Gasteiger charge is -2.23. The number of rotatable bonds is 4. The summed E-state index contributed by atoms with van der Waals surface area (Å²) in [4.78, 5) is 4.41. The summed E-state index contributed by atoms with van der Waals surface area (Å²) >= 11 is 3.47. The first-order valence-electron chi connectivity index (χ1n) is 7.08. The lowest BCUT2D eigenvalue weighted by molar-refractivity contribution is 0.412. The molecular weight excluding hydrogens is 318 g/mol. The zero-order valence-corrected chi connectivity index (χ0v) is 13.4. The smallest absolute Gasteiger partial charge is 0.189 e. The molecule has 0 aromatic heterocycles. The van der Waals surface area contributed by atoms with Crippen molar-refractivity contribution in [2.24, 2.45) is 10.7 Å². The van der Waals surface area contributed by atoms with Gasteiger partial charge in [-0.2, -0.15) is 0 Å². The molecule has 0 radical (unpaired) electrons. The van der Waals surface area contributed by atoms with Gasteiger partial charge < -0.3 is 15.8 Å². The number of methoxy groups -OCH3 is 1. The van der Waals surface area contributed by atoms with Crippen molar-refractivity contribution in [2.45, 2.75) is 44.7 Å². The van der Waals surface area contributed by atoms with E-state index in [9.17, 15) is 0 Å². The molecule has 0 saturated heterocycles. The monoisotopic (exact) mass is 339 g/mol. The molecular formula is C15H22BrN3O. The van der Waals surface area contributed by atoms with Crippen LogP contribution >= 0.6 is 15.9 Å². The van der Waals surface area contributed by atoms with E-state index < -0.39 is 0 Å². The fourth-order valence-electron chi connectivity index (χ4n) is 2.49. The van der Waals surface area contributed by atoms with Gasteiger partial charge in [-0.25, -0.2) is 4.99 Å². The van der Waals surface area contributed by atoms with E-state index in [1.165, 1.54) is 32.1 Å². The van der Waals surface area contributed by atoms with Gasteiger partial charge in [-0.15, -0.1) is 0 Å². The molecule has 20 heavy (non-hydrogen) atoms. The van der Waals surface area contributed by atoms with Crippen molar-refractivity contribution in [3.63, 3.8) is 0 Å². The number of guanidine groups is 1. The third-order valence-electron chi connectivity index (χ3n) is 3.61. The summed E-state index contributed by atoms with van der Waals surface area (Å²) in [6, 6.07) is 6.44. The van der Waals surface area contributed by atoms with Gasteiger partial charge in [0, 0.05) is 6.04 Å². The fraction of sp³-hybridized carbons (Fsp3) is 0.533. The molecule has 0 unspecified atom stereocenters. The minimum Gasteiger partial charge on any atom is -0.496 e. The average Bonchev–Trinajstić information content (AvgIpc) is 2.46. The summed E-state index contributed by atoms with van der Waals surface area (Å²) in [6.45, 7) is 0.578. The molecule has 1 aliphatic carbocycles. The van der Waals surface area contributed by atoms with Crippen LogP contribution in [0.2, 0.25) is 0 Å². The Morgan fingerprint density at radius 2 is 2.15 bits per heavy atom. The summed E-state index contributed by atoms with van der Waals surface area (Å²) in [5, 5.41) is 3.32. The summed E-state index contributed by atoms with van der Waals surface area (Å²) in [7, 11) is 1.66. The van der Waals surface area contributed by atoms with Crippen molar-refractivity contribution in [1.82, 2.24) is 5.32 Å². The van der Waals surface area contributed by atoms with Crippen molar-refractivity contribution >= 4 is 21.9 Å². The molecule has 1 aliphatic rings. The second-order valence-corrected chi connectivity index (χ2v) is 6.00. The highest BCUT2D eigenvalue weighted by Gasteiger charge is 2.13. The van der Waals surface area contributed by atoms with Crippen LogP contribution in [0.25, 0.3) is 0 Å². The highest BCUT2D eigenvalue weighted by Crippen LogP contribution is 2.25. The molecule has 4 nitrogen and oxygen atoms in total. The van der Waals surface area contributed by atoms with Crippen LogP contribution in [0.15, 0.2) is 27.7 Å². The summed E-state index contributed by atoms with van der Waals surface area (Å²) in [6.07, 6.45) is 6.32. The molecule has 110 valence electrons. The number of aliphatic imine (C=N–C) groups is 1. The van der Waals surface area contributed by atoms with E-state index >= 15 is 0 Å². The first-order valence-corrected chi connectivity index (χ1v) is 7.87. The lowest BCUT2D eigenvalue weighted by Crippen LogP contribution is -2.41. The standard InChI is InChI=1S/C15H22BrN3O/c1-20-14-8-7-11(9-13(14)16)10-18-15(17)19-12-5-3-2-4-6-12/h7-9,12H,2-6,10H2,1H3,(H3,17,18,19). The molecule has 1 saturated carbocycles. The molecule has 1 aromatic carbocycles. The normalized spacial score (nSPS) is 17.0. The molecule has 3 N–H and O–H groups in total. The van der Waals surface area contributed by atoms with Crippen molar-refractivity contribution in [3.8, 4) is 5.75 Å². The van der Waals surface area contributed by atoms with Crippen molar-refractivity contribution in [1.29, 1.82) is 0 Å². The molecule has 1 aromatic rings. The maximum atomic E-state index is 5.95. The number of ether oxygens (including phenoxy) is 1. The van der Waals surface area contributed by atoms with Gasteiger partial charge in [0.25, 0.3) is 0 Å². The van der Waals surface area contributed by atoms with Gasteiger partial charge in [0.1, 0.15) is 5.75 Å². The second-order valence-electron chi connectivity index (χ2n) is 5.15. The van der Waals surface area contributed by atoms with Crippen LogP contribution < -0.4 is 15.8 Å². The SMILES string of the molecule is COc1ccc(CN=C(N)NC2CCCCC2)cc1Br. The number of nitrogens with one attached hydrogen (secondary N) is 1. The van der Waals surface area contributed by atoms with Gasteiger partial charge in [-0.05, 0) is 46.5 Å². The van der Waals surface area contributed by atoms with Crippen molar-refractivity contribution in [2.75, 3.05) is 7.11 Å². The Balaban J connectivity index is 1.89. The number of benzene rings is 1. The third kappa shape index (κ3) is 4.40. The number of nitrogens with zero attached hydrogens (tertiary/aromatic N) is 1. The zero-order chi connectivity index (χ0) is 14.4. The molecule has 0 heterocycles. The van der Waals surface area contributed by atoms with E-state index in [2.05, 4.69) is 26.2 Å². The Labute approximate surface area is 128 Å². The quantitative estimate of drug-likeness (QED) is 0.654. The van der Waals surface area contributed by atoms with Crippen LogP contribution in [0.1, 0.15) is 37.7 Å². The number of nitrogens with two attached hydrogens (primary N) is 1. The summed E-state index contributed by atoms with van der Waals surface area (Å²) in [5.74, 6) is 1.37. The Morgan fingerprint density at radius 1 is 1.40 bits per heavy atom. The highest BCUT2D eigenvalue weighted by atomic mass is 79.9. The Kier molecular flexibility index (Phi) is 5.71. The predicted octanol–water partition coefficient (Wildman–Crippen LogP) is 3.19. The van der Waals surface area contributed by atoms with E-state index in [-0.39, 0.29) is 0 Å². The van der Waals surface area contributed by atoms with Crippen molar-refractivity contribution < 1.29 is 4.74 Å². The molecule has 0 amide bonds. The minimum absolute atomic E-state index is 0.495. The minimum atomic E-state index is 0.495. The van der Waals surface area contributed by atoms with Gasteiger partial charge in [-0.1, -0.05) is 25.3 Å². The van der Waals surface area contributed by atoms with E-state index in [1.54, 1.807) is 7.11 Å². The first-order chi connectivity index (χ1) is 9.69. The van der Waals surface area contributed by atoms with E-state index in [1.807, 2.05) is 18.2 Å². The van der Waals surface area contributed by atoms with E-state index in [0.29, 0.717) is 18.5 Å². The fourth-order valence-corrected chi connectivity index (χ4v) is 3.07. The largest absolute Gasteiger partial charge is 0.496 e. The molecule has 0 spiro atoms. The maximum Gasteiger partial charge on any atom is 0.189 e. The molecule has 5 heteroatoms. The number of halogens is 1. The van der Waals surface area contributed by atoms with Crippen LogP contribution in [0.3, 0.4) is 0 Å². The van der Waals surface area contributed by atoms with Gasteiger partial charge in [0.05, 0.1) is 18.1 Å². The van der Waals surface area contributed by atoms with Gasteiger partial charge in [-0.3, -0.25) is 0 Å². The Bertz CT molecular complexity index is 470. The van der Waals surface area contributed by atoms with Gasteiger partial charge in [0.15, 0.2) is 5.96 Å². The van der Waals surface area contributed by atoms with Crippen LogP contribution in [0.5, 0.6) is 5.75 Å². The Hall–Kier alpha value is -1.23.